The van der Waals surface area contributed by atoms with Crippen LogP contribution in [0.15, 0.2) is 18.5 Å². The molecule has 5 nitrogen and oxygen atoms in total. The van der Waals surface area contributed by atoms with Crippen molar-refractivity contribution in [3.63, 3.8) is 0 Å². The second-order valence-electron chi connectivity index (χ2n) is 3.36. The quantitative estimate of drug-likeness (QED) is 0.821. The minimum Gasteiger partial charge on any atom is -0.395 e. The molecule has 0 fully saturated rings. The number of carbonyl (C=O) groups excluding carboxylic acids is 1. The van der Waals surface area contributed by atoms with Gasteiger partial charge in [0.1, 0.15) is 0 Å². The van der Waals surface area contributed by atoms with Crippen LogP contribution in [0.2, 0.25) is 5.02 Å². The Balaban J connectivity index is 2.80. The molecule has 6 heteroatoms. The lowest BCUT2D eigenvalue weighted by Crippen LogP contribution is -2.36. The molecule has 1 aromatic heterocycles. The number of rotatable bonds is 6. The van der Waals surface area contributed by atoms with Gasteiger partial charge in [0.2, 0.25) is 0 Å². The summed E-state index contributed by atoms with van der Waals surface area (Å²) in [4.78, 5) is 17.4. The van der Waals surface area contributed by atoms with Crippen molar-refractivity contribution in [2.24, 2.45) is 0 Å². The molecule has 1 aromatic rings. The van der Waals surface area contributed by atoms with E-state index in [4.69, 9.17) is 21.4 Å². The number of hydrogen-bond donors (Lipinski definition) is 1. The molecule has 0 aliphatic heterocycles. The minimum absolute atomic E-state index is 0.104. The Labute approximate surface area is 105 Å². The van der Waals surface area contributed by atoms with Crippen molar-refractivity contribution in [1.29, 1.82) is 0 Å². The van der Waals surface area contributed by atoms with Crippen LogP contribution in [0.4, 0.5) is 0 Å². The lowest BCUT2D eigenvalue weighted by molar-refractivity contribution is 0.0656. The lowest BCUT2D eigenvalue weighted by Gasteiger charge is -2.21. The number of hydrogen-bond acceptors (Lipinski definition) is 4. The van der Waals surface area contributed by atoms with Gasteiger partial charge in [0.15, 0.2) is 0 Å². The summed E-state index contributed by atoms with van der Waals surface area (Å²) in [6.07, 6.45) is 2.94. The summed E-state index contributed by atoms with van der Waals surface area (Å²) in [6.45, 7) is 0.950. The summed E-state index contributed by atoms with van der Waals surface area (Å²) in [6, 6.07) is 1.56. The average Bonchev–Trinajstić information content (AvgIpc) is 2.34. The third-order valence-corrected chi connectivity index (χ3v) is 2.55. The Hall–Kier alpha value is -1.17. The van der Waals surface area contributed by atoms with Crippen molar-refractivity contribution in [1.82, 2.24) is 9.88 Å². The van der Waals surface area contributed by atoms with Crippen LogP contribution in [0.25, 0.3) is 0 Å². The Morgan fingerprint density at radius 3 is 2.94 bits per heavy atom. The number of aliphatic hydroxyl groups excluding tert-OH is 1. The topological polar surface area (TPSA) is 62.7 Å². The summed E-state index contributed by atoms with van der Waals surface area (Å²) >= 11 is 5.92. The highest BCUT2D eigenvalue weighted by atomic mass is 35.5. The first-order chi connectivity index (χ1) is 8.20. The summed E-state index contributed by atoms with van der Waals surface area (Å²) in [7, 11) is 1.55. The number of aromatic nitrogens is 1. The molecule has 0 unspecified atom stereocenters. The van der Waals surface area contributed by atoms with Crippen LogP contribution in [0.1, 0.15) is 10.4 Å². The van der Waals surface area contributed by atoms with Crippen molar-refractivity contribution in [3.05, 3.63) is 29.0 Å². The molecule has 17 heavy (non-hydrogen) atoms. The Morgan fingerprint density at radius 1 is 1.59 bits per heavy atom. The number of nitrogens with zero attached hydrogens (tertiary/aromatic N) is 2. The average molecular weight is 259 g/mol. The maximum absolute atomic E-state index is 12.1. The Morgan fingerprint density at radius 2 is 2.35 bits per heavy atom. The molecular formula is C11H15ClN2O3. The van der Waals surface area contributed by atoms with Gasteiger partial charge in [-0.25, -0.2) is 0 Å². The number of ether oxygens (including phenoxy) is 1. The van der Waals surface area contributed by atoms with Gasteiger partial charge in [-0.2, -0.15) is 0 Å². The molecule has 1 rings (SSSR count). The molecule has 1 amide bonds. The number of pyridine rings is 1. The number of aliphatic hydroxyl groups is 1. The largest absolute Gasteiger partial charge is 0.395 e. The molecule has 0 atom stereocenters. The predicted octanol–water partition coefficient (Wildman–Crippen LogP) is 0.816. The zero-order valence-corrected chi connectivity index (χ0v) is 10.4. The maximum atomic E-state index is 12.1. The first kappa shape index (κ1) is 13.9. The second-order valence-corrected chi connectivity index (χ2v) is 3.77. The van der Waals surface area contributed by atoms with Gasteiger partial charge < -0.3 is 14.7 Å². The number of methoxy groups -OCH3 is 1. The van der Waals surface area contributed by atoms with Gasteiger partial charge in [-0.3, -0.25) is 9.78 Å². The molecule has 0 radical (unpaired) electrons. The fraction of sp³-hybridized carbons (Fsp3) is 0.455. The van der Waals surface area contributed by atoms with Crippen molar-refractivity contribution >= 4 is 17.5 Å². The van der Waals surface area contributed by atoms with Gasteiger partial charge in [-0.15, -0.1) is 0 Å². The van der Waals surface area contributed by atoms with Crippen LogP contribution in [0.5, 0.6) is 0 Å². The van der Waals surface area contributed by atoms with E-state index < -0.39 is 0 Å². The minimum atomic E-state index is -0.255. The van der Waals surface area contributed by atoms with Gasteiger partial charge in [0.25, 0.3) is 5.91 Å². The van der Waals surface area contributed by atoms with Gasteiger partial charge in [-0.05, 0) is 6.07 Å². The van der Waals surface area contributed by atoms with E-state index in [1.807, 2.05) is 0 Å². The molecule has 94 valence electrons. The van der Waals surface area contributed by atoms with Crippen LogP contribution in [0, 0.1) is 0 Å². The van der Waals surface area contributed by atoms with E-state index in [1.54, 1.807) is 13.2 Å². The molecule has 0 bridgehead atoms. The van der Waals surface area contributed by atoms with E-state index >= 15 is 0 Å². The highest BCUT2D eigenvalue weighted by Crippen LogP contribution is 2.15. The van der Waals surface area contributed by atoms with Gasteiger partial charge in [-0.1, -0.05) is 11.6 Å². The predicted molar refractivity (Wildman–Crippen MR) is 64.1 cm³/mol. The van der Waals surface area contributed by atoms with E-state index in [1.165, 1.54) is 17.3 Å². The highest BCUT2D eigenvalue weighted by molar-refractivity contribution is 6.33. The molecule has 1 N–H and O–H groups in total. The summed E-state index contributed by atoms with van der Waals surface area (Å²) in [5.41, 5.74) is 0.332. The van der Waals surface area contributed by atoms with Crippen molar-refractivity contribution in [2.45, 2.75) is 0 Å². The van der Waals surface area contributed by atoms with Crippen LogP contribution < -0.4 is 0 Å². The van der Waals surface area contributed by atoms with Crippen LogP contribution in [0.3, 0.4) is 0 Å². The van der Waals surface area contributed by atoms with Crippen LogP contribution in [-0.4, -0.2) is 54.3 Å². The first-order valence-electron chi connectivity index (χ1n) is 5.19. The monoisotopic (exact) mass is 258 g/mol. The van der Waals surface area contributed by atoms with Crippen molar-refractivity contribution in [3.8, 4) is 0 Å². The van der Waals surface area contributed by atoms with Crippen LogP contribution >= 0.6 is 11.6 Å². The highest BCUT2D eigenvalue weighted by Gasteiger charge is 2.17. The zero-order valence-electron chi connectivity index (χ0n) is 9.60. The van der Waals surface area contributed by atoms with Gasteiger partial charge in [0, 0.05) is 32.6 Å². The van der Waals surface area contributed by atoms with E-state index in [0.717, 1.165) is 0 Å². The number of halogens is 1. The summed E-state index contributed by atoms with van der Waals surface area (Å²) in [5.74, 6) is -0.255. The lowest BCUT2D eigenvalue weighted by atomic mass is 10.2. The molecule has 0 aliphatic rings. The Bertz CT molecular complexity index is 373. The summed E-state index contributed by atoms with van der Waals surface area (Å²) in [5, 5.41) is 9.27. The van der Waals surface area contributed by atoms with Crippen molar-refractivity contribution < 1.29 is 14.6 Å². The van der Waals surface area contributed by atoms with Gasteiger partial charge >= 0.3 is 0 Å². The summed E-state index contributed by atoms with van der Waals surface area (Å²) < 4.78 is 4.91. The van der Waals surface area contributed by atoms with Crippen molar-refractivity contribution in [2.75, 3.05) is 33.4 Å². The smallest absolute Gasteiger partial charge is 0.257 e. The van der Waals surface area contributed by atoms with Crippen LogP contribution in [-0.2, 0) is 4.74 Å². The molecule has 0 aromatic carbocycles. The normalized spacial score (nSPS) is 10.3. The third-order valence-electron chi connectivity index (χ3n) is 2.22. The van der Waals surface area contributed by atoms with E-state index in [2.05, 4.69) is 4.98 Å². The number of carbonyl (C=O) groups is 1. The second kappa shape index (κ2) is 7.21. The first-order valence-corrected chi connectivity index (χ1v) is 5.57. The molecule has 0 spiro atoms. The third kappa shape index (κ3) is 3.96. The molecule has 0 saturated heterocycles. The molecule has 1 heterocycles. The van der Waals surface area contributed by atoms with Gasteiger partial charge in [0.05, 0.1) is 23.8 Å². The molecular weight excluding hydrogens is 244 g/mol. The van der Waals surface area contributed by atoms with E-state index in [9.17, 15) is 4.79 Å². The fourth-order valence-corrected chi connectivity index (χ4v) is 1.53. The molecule has 0 aliphatic carbocycles. The van der Waals surface area contributed by atoms with E-state index in [0.29, 0.717) is 23.7 Å². The fourth-order valence-electron chi connectivity index (χ4n) is 1.34. The SMILES string of the molecule is COCCN(CCO)C(=O)c1cnccc1Cl. The maximum Gasteiger partial charge on any atom is 0.257 e. The standard InChI is InChI=1S/C11H15ClN2O3/c1-17-7-5-14(4-6-15)11(16)9-8-13-3-2-10(9)12/h2-3,8,15H,4-7H2,1H3. The number of amides is 1. The van der Waals surface area contributed by atoms with E-state index in [-0.39, 0.29) is 19.1 Å². The Kier molecular flexibility index (Phi) is 5.90. The zero-order chi connectivity index (χ0) is 12.7. The molecule has 0 saturated carbocycles.